The Labute approximate surface area is 90.7 Å². The highest BCUT2D eigenvalue weighted by atomic mass is 127. The Morgan fingerprint density at radius 2 is 2.15 bits per heavy atom. The van der Waals surface area contributed by atoms with Gasteiger partial charge in [0.1, 0.15) is 5.75 Å². The van der Waals surface area contributed by atoms with Crippen LogP contribution in [-0.2, 0) is 0 Å². The molecular formula is C9H12INO2. The van der Waals surface area contributed by atoms with Gasteiger partial charge in [-0.1, -0.05) is 6.07 Å². The molecule has 0 aliphatic rings. The van der Waals surface area contributed by atoms with Gasteiger partial charge in [-0.05, 0) is 41.1 Å². The lowest BCUT2D eigenvalue weighted by Gasteiger charge is -2.12. The van der Waals surface area contributed by atoms with Gasteiger partial charge in [0.05, 0.1) is 16.2 Å². The van der Waals surface area contributed by atoms with Crippen molar-refractivity contribution in [3.05, 3.63) is 26.8 Å². The summed E-state index contributed by atoms with van der Waals surface area (Å²) in [5.74, 6) is 0.174. The third-order valence-corrected chi connectivity index (χ3v) is 2.66. The van der Waals surface area contributed by atoms with E-state index in [1.807, 2.05) is 35.6 Å². The lowest BCUT2D eigenvalue weighted by molar-refractivity contribution is 0.265. The summed E-state index contributed by atoms with van der Waals surface area (Å²) in [6.45, 7) is 1.77. The van der Waals surface area contributed by atoms with E-state index in [-0.39, 0.29) is 12.4 Å². The van der Waals surface area contributed by atoms with Crippen molar-refractivity contribution >= 4 is 22.6 Å². The minimum atomic E-state index is -0.506. The molecule has 72 valence electrons. The molecule has 3 nitrogen and oxygen atoms in total. The van der Waals surface area contributed by atoms with Crippen LogP contribution in [0, 0.1) is 10.5 Å². The maximum absolute atomic E-state index is 9.62. The van der Waals surface area contributed by atoms with E-state index in [0.717, 1.165) is 9.13 Å². The van der Waals surface area contributed by atoms with E-state index in [2.05, 4.69) is 0 Å². The van der Waals surface area contributed by atoms with Crippen LogP contribution < -0.4 is 5.73 Å². The molecule has 1 aromatic rings. The number of halogens is 1. The van der Waals surface area contributed by atoms with Gasteiger partial charge in [0, 0.05) is 5.56 Å². The number of aliphatic hydroxyl groups is 1. The number of nitrogens with two attached hydrogens (primary N) is 1. The molecular weight excluding hydrogens is 281 g/mol. The van der Waals surface area contributed by atoms with Crippen molar-refractivity contribution in [2.45, 2.75) is 13.0 Å². The summed E-state index contributed by atoms with van der Waals surface area (Å²) >= 11 is 2.04. The van der Waals surface area contributed by atoms with Gasteiger partial charge in [0.25, 0.3) is 0 Å². The first kappa shape index (κ1) is 10.7. The van der Waals surface area contributed by atoms with Crippen molar-refractivity contribution in [2.24, 2.45) is 5.73 Å². The summed E-state index contributed by atoms with van der Waals surface area (Å²) in [4.78, 5) is 0. The van der Waals surface area contributed by atoms with Crippen LogP contribution in [0.1, 0.15) is 17.2 Å². The molecule has 0 unspecified atom stereocenters. The van der Waals surface area contributed by atoms with Crippen molar-refractivity contribution in [1.82, 2.24) is 0 Å². The van der Waals surface area contributed by atoms with Crippen molar-refractivity contribution in [3.63, 3.8) is 0 Å². The minimum Gasteiger partial charge on any atom is -0.506 e. The predicted octanol–water partition coefficient (Wildman–Crippen LogP) is 1.30. The van der Waals surface area contributed by atoms with Crippen molar-refractivity contribution in [3.8, 4) is 5.75 Å². The molecule has 0 aliphatic carbocycles. The number of aryl methyl sites for hydroxylation is 1. The fraction of sp³-hybridized carbons (Fsp3) is 0.333. The summed E-state index contributed by atoms with van der Waals surface area (Å²) in [7, 11) is 0. The fourth-order valence-electron chi connectivity index (χ4n) is 1.14. The average Bonchev–Trinajstić information content (AvgIpc) is 2.10. The number of phenols is 1. The summed E-state index contributed by atoms with van der Waals surface area (Å²) in [6, 6.07) is 3.15. The normalized spacial score (nSPS) is 12.9. The van der Waals surface area contributed by atoms with Gasteiger partial charge in [0.15, 0.2) is 0 Å². The Hall–Kier alpha value is -0.330. The van der Waals surface area contributed by atoms with Gasteiger partial charge >= 0.3 is 0 Å². The Morgan fingerprint density at radius 1 is 1.54 bits per heavy atom. The number of aromatic hydroxyl groups is 1. The molecule has 4 heteroatoms. The highest BCUT2D eigenvalue weighted by molar-refractivity contribution is 14.1. The van der Waals surface area contributed by atoms with Gasteiger partial charge in [-0.3, -0.25) is 0 Å². The van der Waals surface area contributed by atoms with Crippen molar-refractivity contribution < 1.29 is 10.2 Å². The number of rotatable bonds is 2. The van der Waals surface area contributed by atoms with E-state index in [0.29, 0.717) is 5.56 Å². The molecule has 1 aromatic carbocycles. The molecule has 0 heterocycles. The number of benzene rings is 1. The Balaban J connectivity index is 3.20. The second-order valence-corrected chi connectivity index (χ2v) is 4.14. The third-order valence-electron chi connectivity index (χ3n) is 1.83. The van der Waals surface area contributed by atoms with Crippen LogP contribution in [0.25, 0.3) is 0 Å². The van der Waals surface area contributed by atoms with Crippen LogP contribution >= 0.6 is 22.6 Å². The van der Waals surface area contributed by atoms with E-state index in [9.17, 15) is 5.11 Å². The first-order valence-electron chi connectivity index (χ1n) is 3.91. The molecule has 1 rings (SSSR count). The molecule has 0 bridgehead atoms. The zero-order chi connectivity index (χ0) is 10.0. The van der Waals surface area contributed by atoms with Crippen molar-refractivity contribution in [2.75, 3.05) is 6.61 Å². The second kappa shape index (κ2) is 4.26. The topological polar surface area (TPSA) is 66.5 Å². The summed E-state index contributed by atoms with van der Waals surface area (Å²) in [5, 5.41) is 18.5. The summed E-state index contributed by atoms with van der Waals surface area (Å²) in [5.41, 5.74) is 7.25. The first-order valence-corrected chi connectivity index (χ1v) is 4.99. The zero-order valence-electron chi connectivity index (χ0n) is 7.29. The van der Waals surface area contributed by atoms with Crippen LogP contribution in [0.3, 0.4) is 0 Å². The maximum atomic E-state index is 9.62. The fourth-order valence-corrected chi connectivity index (χ4v) is 1.95. The SMILES string of the molecule is Cc1cc(I)c(O)c([C@H](N)CO)c1. The van der Waals surface area contributed by atoms with E-state index in [4.69, 9.17) is 10.8 Å². The lowest BCUT2D eigenvalue weighted by atomic mass is 10.0. The van der Waals surface area contributed by atoms with Gasteiger partial charge in [-0.25, -0.2) is 0 Å². The smallest absolute Gasteiger partial charge is 0.133 e. The van der Waals surface area contributed by atoms with E-state index >= 15 is 0 Å². The number of aliphatic hydroxyl groups excluding tert-OH is 1. The first-order chi connectivity index (χ1) is 6.06. The quantitative estimate of drug-likeness (QED) is 0.720. The van der Waals surface area contributed by atoms with E-state index in [1.165, 1.54) is 0 Å². The molecule has 1 atom stereocenters. The summed E-state index contributed by atoms with van der Waals surface area (Å²) < 4.78 is 0.761. The number of phenolic OH excluding ortho intramolecular Hbond substituents is 1. The Kier molecular flexibility index (Phi) is 3.52. The molecule has 0 saturated carbocycles. The predicted molar refractivity (Wildman–Crippen MR) is 59.6 cm³/mol. The minimum absolute atomic E-state index is 0.160. The maximum Gasteiger partial charge on any atom is 0.133 e. The summed E-state index contributed by atoms with van der Waals surface area (Å²) in [6.07, 6.45) is 0. The largest absolute Gasteiger partial charge is 0.506 e. The molecule has 4 N–H and O–H groups in total. The van der Waals surface area contributed by atoms with Gasteiger partial charge in [-0.15, -0.1) is 0 Å². The Morgan fingerprint density at radius 3 is 2.69 bits per heavy atom. The molecule has 0 radical (unpaired) electrons. The van der Waals surface area contributed by atoms with Gasteiger partial charge < -0.3 is 15.9 Å². The number of hydrogen-bond acceptors (Lipinski definition) is 3. The highest BCUT2D eigenvalue weighted by Crippen LogP contribution is 2.29. The van der Waals surface area contributed by atoms with E-state index < -0.39 is 6.04 Å². The van der Waals surface area contributed by atoms with E-state index in [1.54, 1.807) is 6.07 Å². The monoisotopic (exact) mass is 293 g/mol. The van der Waals surface area contributed by atoms with Crippen LogP contribution in [-0.4, -0.2) is 16.8 Å². The van der Waals surface area contributed by atoms with Crippen LogP contribution in [0.4, 0.5) is 0 Å². The zero-order valence-corrected chi connectivity index (χ0v) is 9.45. The highest BCUT2D eigenvalue weighted by Gasteiger charge is 2.12. The third kappa shape index (κ3) is 2.32. The lowest BCUT2D eigenvalue weighted by Crippen LogP contribution is -2.15. The molecule has 0 amide bonds. The molecule has 13 heavy (non-hydrogen) atoms. The van der Waals surface area contributed by atoms with Gasteiger partial charge in [-0.2, -0.15) is 0 Å². The molecule has 0 aromatic heterocycles. The van der Waals surface area contributed by atoms with Crippen LogP contribution in [0.15, 0.2) is 12.1 Å². The average molecular weight is 293 g/mol. The standard InChI is InChI=1S/C9H12INO2/c1-5-2-6(8(11)4-12)9(13)7(10)3-5/h2-3,8,12-13H,4,11H2,1H3/t8-/m1/s1. The van der Waals surface area contributed by atoms with Crippen LogP contribution in [0.5, 0.6) is 5.75 Å². The molecule has 0 aliphatic heterocycles. The molecule has 0 saturated heterocycles. The van der Waals surface area contributed by atoms with Gasteiger partial charge in [0.2, 0.25) is 0 Å². The van der Waals surface area contributed by atoms with Crippen molar-refractivity contribution in [1.29, 1.82) is 0 Å². The Bertz CT molecular complexity index is 315. The second-order valence-electron chi connectivity index (χ2n) is 2.97. The number of hydrogen-bond donors (Lipinski definition) is 3. The van der Waals surface area contributed by atoms with Crippen LogP contribution in [0.2, 0.25) is 0 Å². The molecule has 0 spiro atoms. The molecule has 0 fully saturated rings.